The number of nitrogen functional groups attached to an aromatic ring is 2. The predicted molar refractivity (Wildman–Crippen MR) is 58.4 cm³/mol. The number of aromatic nitrogens is 1. The lowest BCUT2D eigenvalue weighted by Gasteiger charge is -2.06. The molecule has 0 saturated carbocycles. The third-order valence-corrected chi connectivity index (χ3v) is 2.17. The molecule has 82 valence electrons. The van der Waals surface area contributed by atoms with Gasteiger partial charge in [0.25, 0.3) is 0 Å². The molecule has 0 saturated heterocycles. The van der Waals surface area contributed by atoms with Crippen LogP contribution in [0.25, 0.3) is 11.1 Å². The number of hydrogen-bond donors (Lipinski definition) is 2. The highest BCUT2D eigenvalue weighted by molar-refractivity contribution is 5.76. The SMILES string of the molecule is Nc1cnc(N)c(-c2ccc(F)c(F)c2)c1. The summed E-state index contributed by atoms with van der Waals surface area (Å²) in [6.07, 6.45) is 1.40. The van der Waals surface area contributed by atoms with Crippen LogP contribution >= 0.6 is 0 Å². The molecule has 0 aliphatic carbocycles. The van der Waals surface area contributed by atoms with Crippen molar-refractivity contribution in [1.82, 2.24) is 4.98 Å². The van der Waals surface area contributed by atoms with Crippen molar-refractivity contribution in [3.63, 3.8) is 0 Å². The first kappa shape index (κ1) is 10.4. The fourth-order valence-corrected chi connectivity index (χ4v) is 1.39. The molecule has 0 amide bonds. The largest absolute Gasteiger partial charge is 0.397 e. The summed E-state index contributed by atoms with van der Waals surface area (Å²) in [6.45, 7) is 0. The third-order valence-electron chi connectivity index (χ3n) is 2.17. The maximum absolute atomic E-state index is 13.0. The van der Waals surface area contributed by atoms with Crippen LogP contribution in [0.15, 0.2) is 30.5 Å². The summed E-state index contributed by atoms with van der Waals surface area (Å²) in [6, 6.07) is 5.08. The van der Waals surface area contributed by atoms with E-state index in [4.69, 9.17) is 11.5 Å². The molecule has 0 unspecified atom stereocenters. The fourth-order valence-electron chi connectivity index (χ4n) is 1.39. The van der Waals surface area contributed by atoms with Gasteiger partial charge in [0.05, 0.1) is 11.9 Å². The van der Waals surface area contributed by atoms with E-state index in [2.05, 4.69) is 4.98 Å². The van der Waals surface area contributed by atoms with E-state index in [0.717, 1.165) is 12.1 Å². The molecule has 1 aromatic carbocycles. The Morgan fingerprint density at radius 2 is 1.75 bits per heavy atom. The molecule has 1 aromatic heterocycles. The van der Waals surface area contributed by atoms with Crippen LogP contribution in [0.4, 0.5) is 20.3 Å². The van der Waals surface area contributed by atoms with E-state index >= 15 is 0 Å². The van der Waals surface area contributed by atoms with Gasteiger partial charge < -0.3 is 11.5 Å². The lowest BCUT2D eigenvalue weighted by Crippen LogP contribution is -1.97. The highest BCUT2D eigenvalue weighted by Crippen LogP contribution is 2.27. The predicted octanol–water partition coefficient (Wildman–Crippen LogP) is 2.19. The molecule has 16 heavy (non-hydrogen) atoms. The number of nitrogens with two attached hydrogens (primary N) is 2. The summed E-state index contributed by atoms with van der Waals surface area (Å²) in [4.78, 5) is 3.84. The Morgan fingerprint density at radius 1 is 1.00 bits per heavy atom. The Kier molecular flexibility index (Phi) is 2.44. The second-order valence-corrected chi connectivity index (χ2v) is 3.33. The first-order chi connectivity index (χ1) is 7.58. The summed E-state index contributed by atoms with van der Waals surface area (Å²) < 4.78 is 25.8. The van der Waals surface area contributed by atoms with E-state index in [1.54, 1.807) is 6.07 Å². The van der Waals surface area contributed by atoms with Gasteiger partial charge in [-0.3, -0.25) is 0 Å². The number of rotatable bonds is 1. The highest BCUT2D eigenvalue weighted by Gasteiger charge is 2.08. The molecule has 2 aromatic rings. The molecular formula is C11H9F2N3. The van der Waals surface area contributed by atoms with Gasteiger partial charge in [0.2, 0.25) is 0 Å². The molecule has 0 aliphatic heterocycles. The van der Waals surface area contributed by atoms with E-state index in [9.17, 15) is 8.78 Å². The maximum Gasteiger partial charge on any atom is 0.159 e. The first-order valence-electron chi connectivity index (χ1n) is 4.54. The number of nitrogens with zero attached hydrogens (tertiary/aromatic N) is 1. The van der Waals surface area contributed by atoms with Crippen LogP contribution in [-0.4, -0.2) is 4.98 Å². The van der Waals surface area contributed by atoms with Crippen LogP contribution in [0, 0.1) is 11.6 Å². The molecule has 3 nitrogen and oxygen atoms in total. The van der Waals surface area contributed by atoms with Gasteiger partial charge in [-0.05, 0) is 23.8 Å². The second-order valence-electron chi connectivity index (χ2n) is 3.33. The van der Waals surface area contributed by atoms with E-state index in [1.165, 1.54) is 12.3 Å². The van der Waals surface area contributed by atoms with Crippen molar-refractivity contribution in [2.24, 2.45) is 0 Å². The van der Waals surface area contributed by atoms with Crippen molar-refractivity contribution in [2.45, 2.75) is 0 Å². The summed E-state index contributed by atoms with van der Waals surface area (Å²) in [7, 11) is 0. The van der Waals surface area contributed by atoms with Gasteiger partial charge in [0.15, 0.2) is 11.6 Å². The summed E-state index contributed by atoms with van der Waals surface area (Å²) >= 11 is 0. The van der Waals surface area contributed by atoms with E-state index in [0.29, 0.717) is 16.8 Å². The zero-order chi connectivity index (χ0) is 11.7. The average Bonchev–Trinajstić information content (AvgIpc) is 2.26. The van der Waals surface area contributed by atoms with Gasteiger partial charge in [0.1, 0.15) is 5.82 Å². The summed E-state index contributed by atoms with van der Waals surface area (Å²) in [5.41, 5.74) is 12.5. The van der Waals surface area contributed by atoms with E-state index in [-0.39, 0.29) is 5.82 Å². The van der Waals surface area contributed by atoms with Crippen molar-refractivity contribution in [3.8, 4) is 11.1 Å². The second kappa shape index (κ2) is 3.77. The van der Waals surface area contributed by atoms with Gasteiger partial charge in [-0.25, -0.2) is 13.8 Å². The highest BCUT2D eigenvalue weighted by atomic mass is 19.2. The number of pyridine rings is 1. The number of benzene rings is 1. The third kappa shape index (κ3) is 1.79. The molecule has 0 bridgehead atoms. The molecular weight excluding hydrogens is 212 g/mol. The minimum atomic E-state index is -0.931. The standard InChI is InChI=1S/C11H9F2N3/c12-9-2-1-6(3-10(9)13)8-4-7(14)5-16-11(8)15/h1-5H,14H2,(H2,15,16). The molecule has 0 fully saturated rings. The Hall–Kier alpha value is -2.17. The van der Waals surface area contributed by atoms with Crippen molar-refractivity contribution in [3.05, 3.63) is 42.1 Å². The van der Waals surface area contributed by atoms with Crippen LogP contribution in [0.3, 0.4) is 0 Å². The van der Waals surface area contributed by atoms with Crippen molar-refractivity contribution in [1.29, 1.82) is 0 Å². The fraction of sp³-hybridized carbons (Fsp3) is 0. The molecule has 0 spiro atoms. The average molecular weight is 221 g/mol. The summed E-state index contributed by atoms with van der Waals surface area (Å²) in [5.74, 6) is -1.61. The summed E-state index contributed by atoms with van der Waals surface area (Å²) in [5, 5.41) is 0. The zero-order valence-electron chi connectivity index (χ0n) is 8.24. The molecule has 0 radical (unpaired) electrons. The van der Waals surface area contributed by atoms with Gasteiger partial charge in [-0.1, -0.05) is 6.07 Å². The van der Waals surface area contributed by atoms with Gasteiger partial charge >= 0.3 is 0 Å². The van der Waals surface area contributed by atoms with Crippen LogP contribution in [-0.2, 0) is 0 Å². The Morgan fingerprint density at radius 3 is 2.44 bits per heavy atom. The zero-order valence-corrected chi connectivity index (χ0v) is 8.24. The van der Waals surface area contributed by atoms with Crippen LogP contribution in [0.1, 0.15) is 0 Å². The minimum Gasteiger partial charge on any atom is -0.397 e. The lowest BCUT2D eigenvalue weighted by molar-refractivity contribution is 0.509. The molecule has 4 N–H and O–H groups in total. The monoisotopic (exact) mass is 221 g/mol. The molecule has 0 aliphatic rings. The van der Waals surface area contributed by atoms with Crippen molar-refractivity contribution in [2.75, 3.05) is 11.5 Å². The Bertz CT molecular complexity index is 541. The van der Waals surface area contributed by atoms with Gasteiger partial charge in [-0.2, -0.15) is 0 Å². The number of anilines is 2. The Labute approximate surface area is 90.7 Å². The number of halogens is 2. The van der Waals surface area contributed by atoms with Gasteiger partial charge in [0, 0.05) is 5.56 Å². The number of hydrogen-bond acceptors (Lipinski definition) is 3. The van der Waals surface area contributed by atoms with E-state index in [1.807, 2.05) is 0 Å². The smallest absolute Gasteiger partial charge is 0.159 e. The minimum absolute atomic E-state index is 0.222. The van der Waals surface area contributed by atoms with Crippen molar-refractivity contribution >= 4 is 11.5 Å². The molecule has 5 heteroatoms. The molecule has 0 atom stereocenters. The van der Waals surface area contributed by atoms with Crippen LogP contribution in [0.2, 0.25) is 0 Å². The van der Waals surface area contributed by atoms with Crippen LogP contribution < -0.4 is 11.5 Å². The van der Waals surface area contributed by atoms with E-state index < -0.39 is 11.6 Å². The normalized spacial score (nSPS) is 10.4. The topological polar surface area (TPSA) is 64.9 Å². The lowest BCUT2D eigenvalue weighted by atomic mass is 10.1. The Balaban J connectivity index is 2.58. The first-order valence-corrected chi connectivity index (χ1v) is 4.54. The maximum atomic E-state index is 13.0. The molecule has 2 rings (SSSR count). The molecule has 1 heterocycles. The quantitative estimate of drug-likeness (QED) is 0.775. The van der Waals surface area contributed by atoms with Crippen molar-refractivity contribution < 1.29 is 8.78 Å². The van der Waals surface area contributed by atoms with Gasteiger partial charge in [-0.15, -0.1) is 0 Å². The van der Waals surface area contributed by atoms with Crippen LogP contribution in [0.5, 0.6) is 0 Å².